The fraction of sp³-hybridized carbons (Fsp3) is 0.333. The summed E-state index contributed by atoms with van der Waals surface area (Å²) in [5.74, 6) is -0.651. The first-order valence-corrected chi connectivity index (χ1v) is 3.89. The molecule has 0 spiro atoms. The minimum Gasteiger partial charge on any atom is -0.365 e. The third kappa shape index (κ3) is 1.96. The van der Waals surface area contributed by atoms with E-state index in [0.29, 0.717) is 12.2 Å². The lowest BCUT2D eigenvalue weighted by molar-refractivity contribution is 0.362. The van der Waals surface area contributed by atoms with Crippen molar-refractivity contribution in [1.82, 2.24) is 0 Å². The number of ether oxygens (including phenoxy) is 1. The lowest BCUT2D eigenvalue weighted by Gasteiger charge is -2.03. The van der Waals surface area contributed by atoms with Gasteiger partial charge in [0.2, 0.25) is 0 Å². The van der Waals surface area contributed by atoms with E-state index in [9.17, 15) is 4.39 Å². The van der Waals surface area contributed by atoms with Crippen molar-refractivity contribution in [3.8, 4) is 0 Å². The van der Waals surface area contributed by atoms with Crippen LogP contribution in [0.4, 0.5) is 4.39 Å². The Bertz CT molecular complexity index is 264. The van der Waals surface area contributed by atoms with E-state index in [0.717, 1.165) is 0 Å². The molecule has 1 saturated heterocycles. The first-order valence-electron chi connectivity index (χ1n) is 3.51. The average molecular weight is 189 g/mol. The summed E-state index contributed by atoms with van der Waals surface area (Å²) < 4.78 is 17.5. The monoisotopic (exact) mass is 188 g/mol. The number of halogens is 2. The summed E-state index contributed by atoms with van der Waals surface area (Å²) in [4.78, 5) is 0. The van der Waals surface area contributed by atoms with E-state index in [4.69, 9.17) is 16.3 Å². The minimum atomic E-state index is -0.651. The van der Waals surface area contributed by atoms with Crippen LogP contribution >= 0.6 is 11.6 Å². The zero-order chi connectivity index (χ0) is 9.35. The van der Waals surface area contributed by atoms with Crippen LogP contribution < -0.4 is 0 Å². The second-order valence-electron chi connectivity index (χ2n) is 2.94. The molecule has 0 aromatic rings. The second-order valence-corrected chi connectivity index (χ2v) is 3.35. The predicted molar refractivity (Wildman–Crippen MR) is 47.7 cm³/mol. The zero-order valence-electron chi connectivity index (χ0n) is 6.86. The molecule has 1 heterocycles. The quantitative estimate of drug-likeness (QED) is 0.490. The summed E-state index contributed by atoms with van der Waals surface area (Å²) in [6, 6.07) is 0. The Morgan fingerprint density at radius 1 is 1.67 bits per heavy atom. The molecule has 0 aliphatic carbocycles. The van der Waals surface area contributed by atoms with Crippen molar-refractivity contribution >= 4 is 11.6 Å². The fourth-order valence-corrected chi connectivity index (χ4v) is 0.809. The van der Waals surface area contributed by atoms with Gasteiger partial charge in [-0.15, -0.1) is 0 Å². The van der Waals surface area contributed by atoms with Crippen LogP contribution in [-0.4, -0.2) is 12.2 Å². The van der Waals surface area contributed by atoms with Crippen LogP contribution in [0.3, 0.4) is 0 Å². The topological polar surface area (TPSA) is 12.5 Å². The van der Waals surface area contributed by atoms with Crippen molar-refractivity contribution in [1.29, 1.82) is 0 Å². The summed E-state index contributed by atoms with van der Waals surface area (Å²) in [5.41, 5.74) is 0.335. The Morgan fingerprint density at radius 3 is 2.50 bits per heavy atom. The highest BCUT2D eigenvalue weighted by Crippen LogP contribution is 2.35. The molecule has 66 valence electrons. The van der Waals surface area contributed by atoms with E-state index in [2.05, 4.69) is 13.2 Å². The van der Waals surface area contributed by atoms with Gasteiger partial charge in [0.25, 0.3) is 0 Å². The highest BCUT2D eigenvalue weighted by Gasteiger charge is 2.41. The number of allylic oxidation sites excluding steroid dienone is 2. The van der Waals surface area contributed by atoms with Crippen LogP contribution in [0.1, 0.15) is 6.92 Å². The highest BCUT2D eigenvalue weighted by molar-refractivity contribution is 6.31. The summed E-state index contributed by atoms with van der Waals surface area (Å²) in [5, 5.41) is -0.0169. The van der Waals surface area contributed by atoms with Gasteiger partial charge in [-0.3, -0.25) is 0 Å². The van der Waals surface area contributed by atoms with Gasteiger partial charge in [0, 0.05) is 0 Å². The molecule has 0 aromatic carbocycles. The third-order valence-corrected chi connectivity index (χ3v) is 2.13. The molecule has 1 nitrogen and oxygen atoms in total. The Morgan fingerprint density at radius 2 is 2.17 bits per heavy atom. The van der Waals surface area contributed by atoms with Crippen LogP contribution in [-0.2, 0) is 4.74 Å². The van der Waals surface area contributed by atoms with Gasteiger partial charge in [-0.2, -0.15) is 0 Å². The molecule has 1 atom stereocenters. The Kier molecular flexibility index (Phi) is 2.40. The molecule has 1 fully saturated rings. The van der Waals surface area contributed by atoms with Gasteiger partial charge in [0.1, 0.15) is 11.4 Å². The molecular weight excluding hydrogens is 179 g/mol. The molecule has 1 unspecified atom stereocenters. The van der Waals surface area contributed by atoms with Gasteiger partial charge < -0.3 is 4.74 Å². The van der Waals surface area contributed by atoms with Crippen LogP contribution in [0.15, 0.2) is 35.7 Å². The van der Waals surface area contributed by atoms with Crippen molar-refractivity contribution in [2.75, 3.05) is 6.61 Å². The van der Waals surface area contributed by atoms with E-state index >= 15 is 0 Å². The molecule has 1 aliphatic rings. The van der Waals surface area contributed by atoms with Gasteiger partial charge in [0.15, 0.2) is 0 Å². The van der Waals surface area contributed by atoms with Gasteiger partial charge in [-0.25, -0.2) is 4.39 Å². The number of hydrogen-bond donors (Lipinski definition) is 0. The molecule has 3 heteroatoms. The predicted octanol–water partition coefficient (Wildman–Crippen LogP) is 2.94. The van der Waals surface area contributed by atoms with Crippen molar-refractivity contribution < 1.29 is 9.13 Å². The average Bonchev–Trinajstić information content (AvgIpc) is 2.69. The molecule has 0 N–H and O–H groups in total. The van der Waals surface area contributed by atoms with Crippen LogP contribution in [0.25, 0.3) is 0 Å². The number of rotatable bonds is 3. The summed E-state index contributed by atoms with van der Waals surface area (Å²) in [6.07, 6.45) is 1.44. The molecule has 0 amide bonds. The highest BCUT2D eigenvalue weighted by atomic mass is 35.5. The summed E-state index contributed by atoms with van der Waals surface area (Å²) >= 11 is 5.51. The Labute approximate surface area is 76.2 Å². The Hall–Kier alpha value is -0.600. The molecule has 1 aliphatic heterocycles. The van der Waals surface area contributed by atoms with E-state index in [1.165, 1.54) is 6.08 Å². The number of hydrogen-bond acceptors (Lipinski definition) is 1. The molecule has 1 rings (SSSR count). The Balaban J connectivity index is 2.67. The van der Waals surface area contributed by atoms with Gasteiger partial charge in [-0.1, -0.05) is 24.8 Å². The number of epoxide rings is 1. The van der Waals surface area contributed by atoms with E-state index in [-0.39, 0.29) is 10.6 Å². The largest absolute Gasteiger partial charge is 0.365 e. The molecule has 0 bridgehead atoms. The smallest absolute Gasteiger partial charge is 0.134 e. The third-order valence-electron chi connectivity index (χ3n) is 1.82. The maximum Gasteiger partial charge on any atom is 0.134 e. The van der Waals surface area contributed by atoms with Crippen molar-refractivity contribution in [2.24, 2.45) is 0 Å². The molecule has 0 saturated carbocycles. The molecule has 0 aromatic heterocycles. The summed E-state index contributed by atoms with van der Waals surface area (Å²) in [7, 11) is 0. The van der Waals surface area contributed by atoms with E-state index in [1.807, 2.05) is 6.92 Å². The van der Waals surface area contributed by atoms with Crippen molar-refractivity contribution in [2.45, 2.75) is 12.5 Å². The van der Waals surface area contributed by atoms with Crippen LogP contribution in [0.2, 0.25) is 0 Å². The first-order chi connectivity index (χ1) is 5.46. The second kappa shape index (κ2) is 3.04. The molecular formula is C9H10ClFO. The van der Waals surface area contributed by atoms with Gasteiger partial charge in [0.05, 0.1) is 11.6 Å². The van der Waals surface area contributed by atoms with E-state index in [1.54, 1.807) is 0 Å². The normalized spacial score (nSPS) is 28.4. The first kappa shape index (κ1) is 9.49. The maximum absolute atomic E-state index is 12.4. The molecule has 0 radical (unpaired) electrons. The molecule has 12 heavy (non-hydrogen) atoms. The minimum absolute atomic E-state index is 0.0169. The van der Waals surface area contributed by atoms with E-state index < -0.39 is 5.83 Å². The summed E-state index contributed by atoms with van der Waals surface area (Å²) in [6.45, 7) is 9.27. The maximum atomic E-state index is 12.4. The van der Waals surface area contributed by atoms with Crippen LogP contribution in [0.5, 0.6) is 0 Å². The lowest BCUT2D eigenvalue weighted by atomic mass is 10.0. The van der Waals surface area contributed by atoms with Gasteiger partial charge >= 0.3 is 0 Å². The van der Waals surface area contributed by atoms with Crippen molar-refractivity contribution in [3.05, 3.63) is 35.7 Å². The van der Waals surface area contributed by atoms with Crippen LogP contribution in [0, 0.1) is 0 Å². The standard InChI is InChI=1S/C9H10ClFO/c1-6(9(3)5-12-9)4-8(10)7(2)11/h4H,1-2,5H2,3H3/b8-4+. The fourth-order valence-electron chi connectivity index (χ4n) is 0.678. The lowest BCUT2D eigenvalue weighted by Crippen LogP contribution is -2.05. The SMILES string of the molecule is C=C(F)/C(Cl)=C\C(=C)C1(C)CO1. The van der Waals surface area contributed by atoms with Crippen molar-refractivity contribution in [3.63, 3.8) is 0 Å². The van der Waals surface area contributed by atoms with Gasteiger partial charge in [-0.05, 0) is 18.6 Å². The zero-order valence-corrected chi connectivity index (χ0v) is 7.62.